The van der Waals surface area contributed by atoms with Gasteiger partial charge in [0.05, 0.1) is 30.3 Å². The smallest absolute Gasteiger partial charge is 0.147 e. The maximum absolute atomic E-state index is 5.74. The van der Waals surface area contributed by atoms with Gasteiger partial charge in [0, 0.05) is 25.2 Å². The predicted octanol–water partition coefficient (Wildman–Crippen LogP) is 1.98. The van der Waals surface area contributed by atoms with Gasteiger partial charge >= 0.3 is 0 Å². The van der Waals surface area contributed by atoms with Crippen LogP contribution in [0, 0.1) is 0 Å². The molecule has 0 radical (unpaired) electrons. The van der Waals surface area contributed by atoms with E-state index in [4.69, 9.17) is 4.74 Å². The van der Waals surface area contributed by atoms with Crippen LogP contribution in [0.3, 0.4) is 0 Å². The van der Waals surface area contributed by atoms with E-state index in [1.165, 1.54) is 0 Å². The Bertz CT molecular complexity index is 416. The fourth-order valence-electron chi connectivity index (χ4n) is 2.32. The number of anilines is 1. The molecule has 0 aromatic carbocycles. The average molecular weight is 278 g/mol. The Kier molecular flexibility index (Phi) is 4.60. The first-order chi connectivity index (χ1) is 9.33. The minimum Gasteiger partial charge on any atom is -0.372 e. The lowest BCUT2D eigenvalue weighted by molar-refractivity contribution is -0.00548. The normalized spacial score (nSPS) is 23.9. The molecule has 1 N–H and O–H groups in total. The number of nitrogens with zero attached hydrogens (tertiary/aromatic N) is 3. The van der Waals surface area contributed by atoms with Gasteiger partial charge in [0.2, 0.25) is 0 Å². The second-order valence-electron chi connectivity index (χ2n) is 6.63. The van der Waals surface area contributed by atoms with E-state index in [1.54, 1.807) is 0 Å². The van der Waals surface area contributed by atoms with Crippen LogP contribution >= 0.6 is 0 Å². The van der Waals surface area contributed by atoms with Gasteiger partial charge in [-0.25, -0.2) is 4.98 Å². The van der Waals surface area contributed by atoms with Gasteiger partial charge in [-0.15, -0.1) is 0 Å². The average Bonchev–Trinajstić information content (AvgIpc) is 2.35. The SMILES string of the molecule is C[C@@H]1CN(c2cnc(CNC(C)(C)C)cn2)C[C@H](C)O1. The van der Waals surface area contributed by atoms with Gasteiger partial charge in [0.1, 0.15) is 5.82 Å². The molecule has 112 valence electrons. The molecule has 0 spiro atoms. The molecule has 0 bridgehead atoms. The number of aromatic nitrogens is 2. The molecule has 1 aliphatic rings. The molecular weight excluding hydrogens is 252 g/mol. The van der Waals surface area contributed by atoms with Crippen molar-refractivity contribution in [2.24, 2.45) is 0 Å². The fraction of sp³-hybridized carbons (Fsp3) is 0.733. The maximum atomic E-state index is 5.74. The molecule has 1 aromatic rings. The molecule has 0 amide bonds. The summed E-state index contributed by atoms with van der Waals surface area (Å²) in [5.41, 5.74) is 1.06. The van der Waals surface area contributed by atoms with Crippen molar-refractivity contribution in [3.8, 4) is 0 Å². The zero-order valence-corrected chi connectivity index (χ0v) is 13.2. The molecule has 1 aromatic heterocycles. The maximum Gasteiger partial charge on any atom is 0.147 e. The summed E-state index contributed by atoms with van der Waals surface area (Å²) in [5.74, 6) is 0.937. The molecule has 0 saturated carbocycles. The van der Waals surface area contributed by atoms with E-state index in [2.05, 4.69) is 54.8 Å². The standard InChI is InChI=1S/C15H26N4O/c1-11-9-19(10-12(2)20-11)14-8-16-13(6-17-14)7-18-15(3,4)5/h6,8,11-12,18H,7,9-10H2,1-5H3/t11-,12+. The molecule has 2 heterocycles. The van der Waals surface area contributed by atoms with Crippen LogP contribution in [0.1, 0.15) is 40.3 Å². The zero-order chi connectivity index (χ0) is 14.8. The highest BCUT2D eigenvalue weighted by Gasteiger charge is 2.23. The van der Waals surface area contributed by atoms with Gasteiger partial charge in [0.25, 0.3) is 0 Å². The number of nitrogens with one attached hydrogen (secondary N) is 1. The van der Waals surface area contributed by atoms with E-state index in [-0.39, 0.29) is 17.7 Å². The monoisotopic (exact) mass is 278 g/mol. The minimum atomic E-state index is 0.0927. The van der Waals surface area contributed by atoms with E-state index < -0.39 is 0 Å². The van der Waals surface area contributed by atoms with Crippen molar-refractivity contribution in [3.63, 3.8) is 0 Å². The third kappa shape index (κ3) is 4.42. The highest BCUT2D eigenvalue weighted by Crippen LogP contribution is 2.17. The second-order valence-corrected chi connectivity index (χ2v) is 6.63. The molecular formula is C15H26N4O. The number of morpholine rings is 1. The van der Waals surface area contributed by atoms with Crippen LogP contribution in [0.25, 0.3) is 0 Å². The topological polar surface area (TPSA) is 50.3 Å². The summed E-state index contributed by atoms with van der Waals surface area (Å²) in [4.78, 5) is 11.3. The highest BCUT2D eigenvalue weighted by molar-refractivity contribution is 5.36. The Morgan fingerprint density at radius 2 is 1.85 bits per heavy atom. The van der Waals surface area contributed by atoms with Crippen molar-refractivity contribution in [1.29, 1.82) is 0 Å². The number of rotatable bonds is 3. The van der Waals surface area contributed by atoms with Crippen LogP contribution in [-0.2, 0) is 11.3 Å². The lowest BCUT2D eigenvalue weighted by Crippen LogP contribution is -2.45. The van der Waals surface area contributed by atoms with E-state index in [9.17, 15) is 0 Å². The Balaban J connectivity index is 1.97. The van der Waals surface area contributed by atoms with Crippen LogP contribution in [0.15, 0.2) is 12.4 Å². The van der Waals surface area contributed by atoms with Gasteiger partial charge in [-0.3, -0.25) is 4.98 Å². The predicted molar refractivity (Wildman–Crippen MR) is 80.8 cm³/mol. The molecule has 1 fully saturated rings. The Hall–Kier alpha value is -1.20. The van der Waals surface area contributed by atoms with Gasteiger partial charge in [-0.1, -0.05) is 0 Å². The van der Waals surface area contributed by atoms with Crippen LogP contribution in [0.5, 0.6) is 0 Å². The number of hydrogen-bond acceptors (Lipinski definition) is 5. The lowest BCUT2D eigenvalue weighted by atomic mass is 10.1. The summed E-state index contributed by atoms with van der Waals surface area (Å²) in [6.07, 6.45) is 4.20. The second kappa shape index (κ2) is 6.06. The first kappa shape index (κ1) is 15.2. The lowest BCUT2D eigenvalue weighted by Gasteiger charge is -2.35. The third-order valence-corrected chi connectivity index (χ3v) is 3.24. The van der Waals surface area contributed by atoms with Crippen LogP contribution in [0.4, 0.5) is 5.82 Å². The van der Waals surface area contributed by atoms with Gasteiger partial charge in [-0.05, 0) is 34.6 Å². The van der Waals surface area contributed by atoms with Crippen LogP contribution in [-0.4, -0.2) is 40.8 Å². The molecule has 1 aliphatic heterocycles. The van der Waals surface area contributed by atoms with Crippen LogP contribution < -0.4 is 10.2 Å². The molecule has 5 heteroatoms. The van der Waals surface area contributed by atoms with Crippen LogP contribution in [0.2, 0.25) is 0 Å². The highest BCUT2D eigenvalue weighted by atomic mass is 16.5. The van der Waals surface area contributed by atoms with Crippen molar-refractivity contribution in [1.82, 2.24) is 15.3 Å². The zero-order valence-electron chi connectivity index (χ0n) is 13.2. The summed E-state index contributed by atoms with van der Waals surface area (Å²) < 4.78 is 5.74. The largest absolute Gasteiger partial charge is 0.372 e. The summed E-state index contributed by atoms with van der Waals surface area (Å²) in [7, 11) is 0. The van der Waals surface area contributed by atoms with Gasteiger partial charge in [0.15, 0.2) is 0 Å². The van der Waals surface area contributed by atoms with Crippen molar-refractivity contribution in [3.05, 3.63) is 18.1 Å². The van der Waals surface area contributed by atoms with E-state index in [1.807, 2.05) is 12.4 Å². The number of ether oxygens (including phenoxy) is 1. The molecule has 1 saturated heterocycles. The van der Waals surface area contributed by atoms with E-state index in [0.29, 0.717) is 0 Å². The van der Waals surface area contributed by atoms with Gasteiger partial charge in [-0.2, -0.15) is 0 Å². The summed E-state index contributed by atoms with van der Waals surface area (Å²) >= 11 is 0. The molecule has 0 unspecified atom stereocenters. The Labute approximate surface area is 121 Å². The van der Waals surface area contributed by atoms with Crippen molar-refractivity contribution in [2.45, 2.75) is 58.9 Å². The Morgan fingerprint density at radius 1 is 1.20 bits per heavy atom. The third-order valence-electron chi connectivity index (χ3n) is 3.24. The number of hydrogen-bond donors (Lipinski definition) is 1. The van der Waals surface area contributed by atoms with Gasteiger partial charge < -0.3 is 15.0 Å². The summed E-state index contributed by atoms with van der Waals surface area (Å²) in [6.45, 7) is 13.1. The quantitative estimate of drug-likeness (QED) is 0.916. The van der Waals surface area contributed by atoms with Crippen molar-refractivity contribution < 1.29 is 4.74 Å². The summed E-state index contributed by atoms with van der Waals surface area (Å²) in [5, 5.41) is 3.42. The Morgan fingerprint density at radius 3 is 2.35 bits per heavy atom. The van der Waals surface area contributed by atoms with E-state index in [0.717, 1.165) is 31.1 Å². The molecule has 2 rings (SSSR count). The molecule has 5 nitrogen and oxygen atoms in total. The van der Waals surface area contributed by atoms with E-state index >= 15 is 0 Å². The first-order valence-electron chi connectivity index (χ1n) is 7.30. The van der Waals surface area contributed by atoms with Crippen molar-refractivity contribution in [2.75, 3.05) is 18.0 Å². The molecule has 20 heavy (non-hydrogen) atoms. The fourth-order valence-corrected chi connectivity index (χ4v) is 2.32. The van der Waals surface area contributed by atoms with Crippen molar-refractivity contribution >= 4 is 5.82 Å². The minimum absolute atomic E-state index is 0.0927. The molecule has 0 aliphatic carbocycles. The summed E-state index contributed by atoms with van der Waals surface area (Å²) in [6, 6.07) is 0. The molecule has 2 atom stereocenters. The first-order valence-corrected chi connectivity index (χ1v) is 7.30.